The van der Waals surface area contributed by atoms with Gasteiger partial charge in [-0.25, -0.2) is 17.6 Å². The minimum Gasteiger partial charge on any atom is -0.508 e. The molecule has 0 radical (unpaired) electrons. The maximum absolute atomic E-state index is 16.7. The fraction of sp³-hybridized carbons (Fsp3) is 0.485. The van der Waals surface area contributed by atoms with Gasteiger partial charge in [-0.3, -0.25) is 9.88 Å². The smallest absolute Gasteiger partial charge is 0.319 e. The van der Waals surface area contributed by atoms with Crippen LogP contribution in [0.4, 0.5) is 23.4 Å². The lowest BCUT2D eigenvalue weighted by Crippen LogP contribution is -2.52. The number of halogens is 4. The summed E-state index contributed by atoms with van der Waals surface area (Å²) in [6.07, 6.45) is 6.11. The molecule has 2 aromatic carbocycles. The molecule has 4 unspecified atom stereocenters. The number of nitrogens with zero attached hydrogens (tertiary/aromatic N) is 5. The van der Waals surface area contributed by atoms with Crippen molar-refractivity contribution in [1.29, 1.82) is 0 Å². The fourth-order valence-electron chi connectivity index (χ4n) is 8.69. The zero-order valence-corrected chi connectivity index (χ0v) is 24.5. The Balaban J connectivity index is 1.18. The molecule has 12 heteroatoms. The predicted octanol–water partition coefficient (Wildman–Crippen LogP) is 5.25. The molecule has 5 fully saturated rings. The second kappa shape index (κ2) is 9.62. The monoisotopic (exact) mass is 620 g/mol. The number of piperazine rings is 1. The van der Waals surface area contributed by atoms with Gasteiger partial charge >= 0.3 is 6.01 Å². The molecule has 8 nitrogen and oxygen atoms in total. The SMILES string of the molecule is Oc1cc(-c2ncc3c(N4CC5CC6(CC6)C(C4)N5)nc(OCC45CCCN4CC(F)C5)nc3c2F)c2c(F)c(F)ccc2c1. The lowest BCUT2D eigenvalue weighted by atomic mass is 9.95. The average Bonchev–Trinajstić information content (AvgIpc) is 3.50. The molecular formula is C33H32F4N6O2. The summed E-state index contributed by atoms with van der Waals surface area (Å²) >= 11 is 0. The van der Waals surface area contributed by atoms with Crippen LogP contribution in [0.5, 0.6) is 11.8 Å². The van der Waals surface area contributed by atoms with E-state index in [2.05, 4.69) is 25.1 Å². The van der Waals surface area contributed by atoms with Crippen molar-refractivity contribution in [3.63, 3.8) is 0 Å². The molecule has 4 aromatic rings. The van der Waals surface area contributed by atoms with E-state index >= 15 is 8.78 Å². The van der Waals surface area contributed by atoms with Gasteiger partial charge < -0.3 is 20.1 Å². The molecule has 1 aliphatic carbocycles. The summed E-state index contributed by atoms with van der Waals surface area (Å²) in [6.45, 7) is 2.72. The van der Waals surface area contributed by atoms with Crippen LogP contribution in [-0.4, -0.2) is 81.5 Å². The lowest BCUT2D eigenvalue weighted by Gasteiger charge is -2.35. The van der Waals surface area contributed by atoms with Crippen molar-refractivity contribution in [3.8, 4) is 23.0 Å². The van der Waals surface area contributed by atoms with E-state index in [0.717, 1.165) is 31.9 Å². The summed E-state index contributed by atoms with van der Waals surface area (Å²) in [5.74, 6) is -2.87. The number of fused-ring (bicyclic) bond motifs is 6. The molecule has 2 aromatic heterocycles. The van der Waals surface area contributed by atoms with Crippen LogP contribution < -0.4 is 15.0 Å². The Morgan fingerprint density at radius 1 is 1.02 bits per heavy atom. The van der Waals surface area contributed by atoms with E-state index < -0.39 is 29.2 Å². The van der Waals surface area contributed by atoms with Gasteiger partial charge in [0.1, 0.15) is 35.6 Å². The van der Waals surface area contributed by atoms with E-state index in [1.165, 1.54) is 37.2 Å². The highest BCUT2D eigenvalue weighted by Gasteiger charge is 2.57. The maximum atomic E-state index is 16.7. The Kier molecular flexibility index (Phi) is 5.89. The summed E-state index contributed by atoms with van der Waals surface area (Å²) < 4.78 is 66.8. The van der Waals surface area contributed by atoms with Crippen LogP contribution in [0.2, 0.25) is 0 Å². The van der Waals surface area contributed by atoms with E-state index in [0.29, 0.717) is 48.7 Å². The number of hydrogen-bond donors (Lipinski definition) is 2. The Labute approximate surface area is 256 Å². The minimum atomic E-state index is -1.16. The number of rotatable bonds is 5. The topological polar surface area (TPSA) is 86.6 Å². The predicted molar refractivity (Wildman–Crippen MR) is 160 cm³/mol. The van der Waals surface area contributed by atoms with Crippen LogP contribution in [0.25, 0.3) is 32.9 Å². The standard InChI is InChI=1S/C33H32F4N6O2/c34-18-10-33(4-1-7-43(33)13-18)16-45-31-40-29-22(30(41-31)42-14-19-11-32(5-6-32)24(15-42)39-19)12-38-28(27(29)37)21-9-20(44)8-17-2-3-23(35)26(36)25(17)21/h2-3,8-9,12,18-19,24,39,44H,1,4-7,10-11,13-16H2. The van der Waals surface area contributed by atoms with E-state index in [4.69, 9.17) is 9.72 Å². The number of aromatic hydroxyl groups is 1. The van der Waals surface area contributed by atoms with Crippen molar-refractivity contribution in [2.45, 2.75) is 62.3 Å². The molecule has 234 valence electrons. The third-order valence-electron chi connectivity index (χ3n) is 11.0. The average molecular weight is 621 g/mol. The van der Waals surface area contributed by atoms with E-state index in [1.54, 1.807) is 0 Å². The molecule has 5 aliphatic rings. The molecule has 2 N–H and O–H groups in total. The number of hydrogen-bond acceptors (Lipinski definition) is 8. The minimum absolute atomic E-state index is 0.0258. The highest BCUT2D eigenvalue weighted by Crippen LogP contribution is 2.57. The summed E-state index contributed by atoms with van der Waals surface area (Å²) in [4.78, 5) is 18.0. The lowest BCUT2D eigenvalue weighted by molar-refractivity contribution is 0.107. The second-order valence-electron chi connectivity index (χ2n) is 13.7. The van der Waals surface area contributed by atoms with Gasteiger partial charge in [0.25, 0.3) is 0 Å². The van der Waals surface area contributed by atoms with Gasteiger partial charge in [0.2, 0.25) is 0 Å². The first-order valence-corrected chi connectivity index (χ1v) is 15.7. The summed E-state index contributed by atoms with van der Waals surface area (Å²) in [5, 5.41) is 14.5. The molecule has 4 saturated heterocycles. The Bertz CT molecular complexity index is 1890. The number of nitrogens with one attached hydrogen (secondary N) is 1. The zero-order valence-electron chi connectivity index (χ0n) is 24.5. The van der Waals surface area contributed by atoms with Crippen molar-refractivity contribution in [3.05, 3.63) is 47.9 Å². The van der Waals surface area contributed by atoms with Crippen molar-refractivity contribution < 1.29 is 27.4 Å². The molecule has 9 rings (SSSR count). The number of phenolic OH excluding ortho intramolecular Hbond substituents is 1. The number of benzene rings is 2. The van der Waals surface area contributed by atoms with Crippen LogP contribution in [0.3, 0.4) is 0 Å². The number of anilines is 1. The highest BCUT2D eigenvalue weighted by molar-refractivity contribution is 6.00. The van der Waals surface area contributed by atoms with Crippen LogP contribution in [0.1, 0.15) is 38.5 Å². The molecule has 1 saturated carbocycles. The molecule has 2 bridgehead atoms. The Morgan fingerprint density at radius 3 is 2.73 bits per heavy atom. The number of pyridine rings is 1. The Morgan fingerprint density at radius 2 is 1.89 bits per heavy atom. The molecule has 6 heterocycles. The van der Waals surface area contributed by atoms with E-state index in [-0.39, 0.29) is 52.0 Å². The molecular weight excluding hydrogens is 588 g/mol. The number of alkyl halides is 1. The van der Waals surface area contributed by atoms with Crippen LogP contribution in [0.15, 0.2) is 30.5 Å². The molecule has 1 spiro atoms. The van der Waals surface area contributed by atoms with Crippen LogP contribution in [0, 0.1) is 22.9 Å². The number of phenols is 1. The quantitative estimate of drug-likeness (QED) is 0.293. The third-order valence-corrected chi connectivity index (χ3v) is 11.0. The van der Waals surface area contributed by atoms with Gasteiger partial charge in [-0.15, -0.1) is 0 Å². The first-order chi connectivity index (χ1) is 21.7. The summed E-state index contributed by atoms with van der Waals surface area (Å²) in [6, 6.07) is 5.29. The first-order valence-electron chi connectivity index (χ1n) is 15.7. The summed E-state index contributed by atoms with van der Waals surface area (Å²) in [7, 11) is 0. The van der Waals surface area contributed by atoms with Crippen molar-refractivity contribution >= 4 is 27.5 Å². The molecule has 0 amide bonds. The number of ether oxygens (including phenoxy) is 1. The van der Waals surface area contributed by atoms with Crippen molar-refractivity contribution in [2.75, 3.05) is 37.7 Å². The van der Waals surface area contributed by atoms with Gasteiger partial charge in [0.15, 0.2) is 17.5 Å². The van der Waals surface area contributed by atoms with Gasteiger partial charge in [0.05, 0.1) is 10.9 Å². The van der Waals surface area contributed by atoms with Gasteiger partial charge in [-0.2, -0.15) is 9.97 Å². The maximum Gasteiger partial charge on any atom is 0.319 e. The molecule has 45 heavy (non-hydrogen) atoms. The normalized spacial score (nSPS) is 28.4. The summed E-state index contributed by atoms with van der Waals surface area (Å²) in [5.41, 5.74) is -0.590. The van der Waals surface area contributed by atoms with Crippen LogP contribution >= 0.6 is 0 Å². The zero-order chi connectivity index (χ0) is 30.7. The van der Waals surface area contributed by atoms with Gasteiger partial charge in [-0.05, 0) is 67.6 Å². The Hall–Kier alpha value is -3.77. The highest BCUT2D eigenvalue weighted by atomic mass is 19.2. The number of aromatic nitrogens is 3. The van der Waals surface area contributed by atoms with Gasteiger partial charge in [-0.1, -0.05) is 6.07 Å². The van der Waals surface area contributed by atoms with Crippen molar-refractivity contribution in [2.24, 2.45) is 5.41 Å². The second-order valence-corrected chi connectivity index (χ2v) is 13.7. The van der Waals surface area contributed by atoms with Gasteiger partial charge in [0, 0.05) is 55.3 Å². The van der Waals surface area contributed by atoms with Crippen LogP contribution in [-0.2, 0) is 0 Å². The first kappa shape index (κ1) is 27.5. The van der Waals surface area contributed by atoms with E-state index in [9.17, 15) is 13.9 Å². The molecule has 4 atom stereocenters. The fourth-order valence-corrected chi connectivity index (χ4v) is 8.69. The van der Waals surface area contributed by atoms with E-state index in [1.807, 2.05) is 0 Å². The largest absolute Gasteiger partial charge is 0.508 e. The molecule has 4 aliphatic heterocycles. The third kappa shape index (κ3) is 4.21. The van der Waals surface area contributed by atoms with Crippen molar-refractivity contribution in [1.82, 2.24) is 25.2 Å².